The summed E-state index contributed by atoms with van der Waals surface area (Å²) in [6.45, 7) is 0.916. The number of nitrogens with zero attached hydrogens (tertiary/aromatic N) is 2. The van der Waals surface area contributed by atoms with Crippen molar-refractivity contribution in [2.45, 2.75) is 25.5 Å². The Morgan fingerprint density at radius 1 is 1.73 bits per heavy atom. The molecule has 0 saturated heterocycles. The molecule has 1 aromatic heterocycles. The van der Waals surface area contributed by atoms with Crippen LogP contribution in [0.1, 0.15) is 12.1 Å². The highest BCUT2D eigenvalue weighted by molar-refractivity contribution is 5.03. The maximum absolute atomic E-state index is 5.26. The Hall–Kier alpha value is -0.830. The van der Waals surface area contributed by atoms with Gasteiger partial charge in [0.2, 0.25) is 0 Å². The van der Waals surface area contributed by atoms with Gasteiger partial charge in [-0.25, -0.2) is 0 Å². The molecule has 0 bridgehead atoms. The van der Waals surface area contributed by atoms with Crippen LogP contribution in [0.15, 0.2) is 12.3 Å². The van der Waals surface area contributed by atoms with Crippen LogP contribution in [0.25, 0.3) is 0 Å². The number of methoxy groups -OCH3 is 1. The molecule has 1 aromatic rings. The third-order valence-corrected chi connectivity index (χ3v) is 2.24. The molecule has 1 atom stereocenters. The Kier molecular flexibility index (Phi) is 1.66. The van der Waals surface area contributed by atoms with Gasteiger partial charge in [-0.1, -0.05) is 0 Å². The number of ether oxygens (including phenoxy) is 1. The van der Waals surface area contributed by atoms with E-state index in [9.17, 15) is 0 Å². The van der Waals surface area contributed by atoms with E-state index in [1.807, 2.05) is 10.9 Å². The normalized spacial score (nSPS) is 23.2. The van der Waals surface area contributed by atoms with Crippen molar-refractivity contribution >= 4 is 0 Å². The standard InChI is InChI=1S/C8H12N2O/c1-11-8-3-2-7-4-5-9-10(7)6-8/h4-5,8H,2-3,6H2,1H3/t8-/m1/s1. The lowest BCUT2D eigenvalue weighted by atomic mass is 10.1. The van der Waals surface area contributed by atoms with Gasteiger partial charge in [-0.2, -0.15) is 5.10 Å². The topological polar surface area (TPSA) is 27.1 Å². The molecule has 0 spiro atoms. The molecule has 1 aliphatic heterocycles. The highest BCUT2D eigenvalue weighted by atomic mass is 16.5. The van der Waals surface area contributed by atoms with Crippen LogP contribution >= 0.6 is 0 Å². The lowest BCUT2D eigenvalue weighted by Crippen LogP contribution is -2.26. The molecule has 0 aromatic carbocycles. The van der Waals surface area contributed by atoms with E-state index < -0.39 is 0 Å². The average Bonchev–Trinajstić information content (AvgIpc) is 2.50. The summed E-state index contributed by atoms with van der Waals surface area (Å²) in [6.07, 6.45) is 4.44. The first-order valence-electron chi connectivity index (χ1n) is 3.93. The fourth-order valence-corrected chi connectivity index (χ4v) is 1.52. The number of hydrogen-bond donors (Lipinski definition) is 0. The van der Waals surface area contributed by atoms with Gasteiger partial charge in [-0.15, -0.1) is 0 Å². The molecule has 0 N–H and O–H groups in total. The van der Waals surface area contributed by atoms with Crippen LogP contribution < -0.4 is 0 Å². The summed E-state index contributed by atoms with van der Waals surface area (Å²) >= 11 is 0. The van der Waals surface area contributed by atoms with E-state index in [0.717, 1.165) is 19.4 Å². The Bertz CT molecular complexity index is 244. The van der Waals surface area contributed by atoms with Gasteiger partial charge in [0, 0.05) is 19.0 Å². The molecule has 0 radical (unpaired) electrons. The van der Waals surface area contributed by atoms with Crippen molar-refractivity contribution in [3.05, 3.63) is 18.0 Å². The molecule has 2 heterocycles. The van der Waals surface area contributed by atoms with Gasteiger partial charge in [0.05, 0.1) is 12.6 Å². The summed E-state index contributed by atoms with van der Waals surface area (Å²) in [5, 5.41) is 4.19. The fourth-order valence-electron chi connectivity index (χ4n) is 1.52. The zero-order valence-electron chi connectivity index (χ0n) is 6.66. The van der Waals surface area contributed by atoms with Crippen molar-refractivity contribution < 1.29 is 4.74 Å². The summed E-state index contributed by atoms with van der Waals surface area (Å²) in [4.78, 5) is 0. The predicted molar refractivity (Wildman–Crippen MR) is 41.3 cm³/mol. The quantitative estimate of drug-likeness (QED) is 0.596. The van der Waals surface area contributed by atoms with Crippen LogP contribution in [-0.2, 0) is 17.7 Å². The molecular formula is C8H12N2O. The molecule has 0 unspecified atom stereocenters. The molecule has 2 rings (SSSR count). The lowest BCUT2D eigenvalue weighted by molar-refractivity contribution is 0.0673. The maximum atomic E-state index is 5.26. The first kappa shape index (κ1) is 6.85. The minimum Gasteiger partial charge on any atom is -0.380 e. The Morgan fingerprint density at radius 3 is 3.45 bits per heavy atom. The second-order valence-electron chi connectivity index (χ2n) is 2.90. The molecule has 60 valence electrons. The largest absolute Gasteiger partial charge is 0.380 e. The summed E-state index contributed by atoms with van der Waals surface area (Å²) in [6, 6.07) is 2.08. The van der Waals surface area contributed by atoms with E-state index in [0.29, 0.717) is 6.10 Å². The van der Waals surface area contributed by atoms with Gasteiger partial charge >= 0.3 is 0 Å². The second kappa shape index (κ2) is 2.66. The number of fused-ring (bicyclic) bond motifs is 1. The van der Waals surface area contributed by atoms with Crippen LogP contribution in [0.5, 0.6) is 0 Å². The van der Waals surface area contributed by atoms with Gasteiger partial charge in [0.15, 0.2) is 0 Å². The Balaban J connectivity index is 2.18. The van der Waals surface area contributed by atoms with E-state index in [4.69, 9.17) is 4.74 Å². The van der Waals surface area contributed by atoms with Crippen LogP contribution in [0.2, 0.25) is 0 Å². The molecule has 3 heteroatoms. The summed E-state index contributed by atoms with van der Waals surface area (Å²) in [5.74, 6) is 0. The van der Waals surface area contributed by atoms with Crippen molar-refractivity contribution in [3.63, 3.8) is 0 Å². The molecule has 3 nitrogen and oxygen atoms in total. The molecule has 0 aliphatic carbocycles. The molecule has 11 heavy (non-hydrogen) atoms. The monoisotopic (exact) mass is 152 g/mol. The first-order chi connectivity index (χ1) is 5.40. The zero-order chi connectivity index (χ0) is 7.68. The lowest BCUT2D eigenvalue weighted by Gasteiger charge is -2.21. The van der Waals surface area contributed by atoms with Gasteiger partial charge in [0.25, 0.3) is 0 Å². The third-order valence-electron chi connectivity index (χ3n) is 2.24. The average molecular weight is 152 g/mol. The van der Waals surface area contributed by atoms with Crippen molar-refractivity contribution in [2.24, 2.45) is 0 Å². The smallest absolute Gasteiger partial charge is 0.0771 e. The maximum Gasteiger partial charge on any atom is 0.0771 e. The van der Waals surface area contributed by atoms with E-state index in [1.54, 1.807) is 7.11 Å². The number of aryl methyl sites for hydroxylation is 1. The highest BCUT2D eigenvalue weighted by Gasteiger charge is 2.17. The number of rotatable bonds is 1. The first-order valence-corrected chi connectivity index (χ1v) is 3.93. The SMILES string of the molecule is CO[C@@H]1CCc2ccnn2C1. The summed E-state index contributed by atoms with van der Waals surface area (Å²) in [5.41, 5.74) is 1.33. The second-order valence-corrected chi connectivity index (χ2v) is 2.90. The van der Waals surface area contributed by atoms with Gasteiger partial charge < -0.3 is 4.74 Å². The van der Waals surface area contributed by atoms with E-state index >= 15 is 0 Å². The minimum atomic E-state index is 0.363. The van der Waals surface area contributed by atoms with Gasteiger partial charge in [0.1, 0.15) is 0 Å². The summed E-state index contributed by atoms with van der Waals surface area (Å²) in [7, 11) is 1.76. The highest BCUT2D eigenvalue weighted by Crippen LogP contribution is 2.14. The van der Waals surface area contributed by atoms with Gasteiger partial charge in [-0.3, -0.25) is 4.68 Å². The molecule has 1 aliphatic rings. The minimum absolute atomic E-state index is 0.363. The fraction of sp³-hybridized carbons (Fsp3) is 0.625. The Morgan fingerprint density at radius 2 is 2.64 bits per heavy atom. The molecule has 0 amide bonds. The zero-order valence-corrected chi connectivity index (χ0v) is 6.66. The number of aromatic nitrogens is 2. The molecule has 0 fully saturated rings. The van der Waals surface area contributed by atoms with E-state index in [2.05, 4.69) is 11.2 Å². The summed E-state index contributed by atoms with van der Waals surface area (Å²) < 4.78 is 7.28. The van der Waals surface area contributed by atoms with Crippen molar-refractivity contribution in [2.75, 3.05) is 7.11 Å². The van der Waals surface area contributed by atoms with Crippen LogP contribution in [0.3, 0.4) is 0 Å². The van der Waals surface area contributed by atoms with Crippen molar-refractivity contribution in [3.8, 4) is 0 Å². The predicted octanol–water partition coefficient (Wildman–Crippen LogP) is 0.844. The van der Waals surface area contributed by atoms with E-state index in [1.165, 1.54) is 5.69 Å². The number of hydrogen-bond acceptors (Lipinski definition) is 2. The molecular weight excluding hydrogens is 140 g/mol. The van der Waals surface area contributed by atoms with Gasteiger partial charge in [-0.05, 0) is 18.9 Å². The molecule has 0 saturated carbocycles. The van der Waals surface area contributed by atoms with Crippen molar-refractivity contribution in [1.29, 1.82) is 0 Å². The van der Waals surface area contributed by atoms with E-state index in [-0.39, 0.29) is 0 Å². The third kappa shape index (κ3) is 1.16. The Labute approximate surface area is 66.0 Å². The van der Waals surface area contributed by atoms with Crippen LogP contribution in [0, 0.1) is 0 Å². The van der Waals surface area contributed by atoms with Crippen LogP contribution in [0.4, 0.5) is 0 Å². The van der Waals surface area contributed by atoms with Crippen molar-refractivity contribution in [1.82, 2.24) is 9.78 Å². The van der Waals surface area contributed by atoms with Crippen LogP contribution in [-0.4, -0.2) is 23.0 Å².